The Morgan fingerprint density at radius 1 is 0.931 bits per heavy atom. The molecule has 0 spiro atoms. The second kappa shape index (κ2) is 6.95. The van der Waals surface area contributed by atoms with Gasteiger partial charge in [-0.1, -0.05) is 32.9 Å². The Morgan fingerprint density at radius 3 is 2.48 bits per heavy atom. The van der Waals surface area contributed by atoms with E-state index in [4.69, 9.17) is 9.99 Å². The van der Waals surface area contributed by atoms with Gasteiger partial charge in [0.1, 0.15) is 6.10 Å². The molecule has 29 heavy (non-hydrogen) atoms. The highest BCUT2D eigenvalue weighted by Gasteiger charge is 2.62. The lowest BCUT2D eigenvalue weighted by Crippen LogP contribution is -2.58. The number of nitrogens with zero attached hydrogens (tertiary/aromatic N) is 1. The lowest BCUT2D eigenvalue weighted by molar-refractivity contribution is -0.131. The van der Waals surface area contributed by atoms with Crippen LogP contribution in [0.1, 0.15) is 85.5 Å². The highest BCUT2D eigenvalue weighted by Crippen LogP contribution is 2.68. The molecule has 0 aromatic carbocycles. The minimum absolute atomic E-state index is 0.0669. The summed E-state index contributed by atoms with van der Waals surface area (Å²) in [7, 11) is 0. The Morgan fingerprint density at radius 2 is 1.72 bits per heavy atom. The number of hydrogen-bond acceptors (Lipinski definition) is 4. The van der Waals surface area contributed by atoms with E-state index in [2.05, 4.69) is 33.0 Å². The van der Waals surface area contributed by atoms with Crippen LogP contribution in [-0.2, 0) is 4.84 Å². The summed E-state index contributed by atoms with van der Waals surface area (Å²) in [6.07, 6.45) is 11.1. The normalized spacial score (nSPS) is 52.7. The first-order valence-electron chi connectivity index (χ1n) is 12.4. The second-order valence-corrected chi connectivity index (χ2v) is 12.1. The largest absolute Gasteiger partial charge is 0.393 e. The molecule has 4 heteroatoms. The van der Waals surface area contributed by atoms with Crippen LogP contribution in [0.25, 0.3) is 0 Å². The van der Waals surface area contributed by atoms with Crippen molar-refractivity contribution in [1.82, 2.24) is 5.32 Å². The molecule has 5 fully saturated rings. The zero-order chi connectivity index (χ0) is 20.4. The van der Waals surface area contributed by atoms with Crippen LogP contribution in [0.15, 0.2) is 5.16 Å². The molecule has 4 aliphatic carbocycles. The van der Waals surface area contributed by atoms with Crippen LogP contribution in [0.4, 0.5) is 0 Å². The first-order chi connectivity index (χ1) is 13.8. The van der Waals surface area contributed by atoms with Gasteiger partial charge in [0.05, 0.1) is 11.8 Å². The van der Waals surface area contributed by atoms with Crippen LogP contribution in [0, 0.1) is 39.9 Å². The van der Waals surface area contributed by atoms with Crippen molar-refractivity contribution in [3.63, 3.8) is 0 Å². The molecule has 0 aromatic heterocycles. The Hall–Kier alpha value is -0.610. The molecule has 4 nitrogen and oxygen atoms in total. The monoisotopic (exact) mass is 402 g/mol. The maximum Gasteiger partial charge on any atom is 0.141 e. The van der Waals surface area contributed by atoms with Gasteiger partial charge in [-0.15, -0.1) is 0 Å². The third kappa shape index (κ3) is 2.95. The van der Waals surface area contributed by atoms with E-state index in [0.717, 1.165) is 50.1 Å². The van der Waals surface area contributed by atoms with E-state index in [9.17, 15) is 5.11 Å². The van der Waals surface area contributed by atoms with E-state index in [1.54, 1.807) is 0 Å². The molecule has 1 saturated heterocycles. The quantitative estimate of drug-likeness (QED) is 0.655. The van der Waals surface area contributed by atoms with Crippen molar-refractivity contribution in [2.75, 3.05) is 13.1 Å². The molecule has 1 heterocycles. The van der Waals surface area contributed by atoms with Gasteiger partial charge in [0.25, 0.3) is 0 Å². The Kier molecular flexibility index (Phi) is 4.87. The van der Waals surface area contributed by atoms with E-state index in [-0.39, 0.29) is 23.0 Å². The van der Waals surface area contributed by atoms with Crippen LogP contribution in [0.3, 0.4) is 0 Å². The van der Waals surface area contributed by atoms with Crippen molar-refractivity contribution in [3.05, 3.63) is 0 Å². The summed E-state index contributed by atoms with van der Waals surface area (Å²) < 4.78 is 0. The summed E-state index contributed by atoms with van der Waals surface area (Å²) in [4.78, 5) is 5.98. The van der Waals surface area contributed by atoms with Crippen LogP contribution in [0.5, 0.6) is 0 Å². The fourth-order valence-electron chi connectivity index (χ4n) is 8.90. The van der Waals surface area contributed by atoms with Crippen molar-refractivity contribution in [3.8, 4) is 0 Å². The summed E-state index contributed by atoms with van der Waals surface area (Å²) in [5, 5.41) is 18.8. The molecular weight excluding hydrogens is 360 g/mol. The molecule has 0 amide bonds. The third-order valence-electron chi connectivity index (χ3n) is 10.7. The first kappa shape index (κ1) is 20.3. The fraction of sp³-hybridized carbons (Fsp3) is 0.960. The van der Waals surface area contributed by atoms with Gasteiger partial charge in [-0.05, 0) is 92.4 Å². The van der Waals surface area contributed by atoms with Crippen LogP contribution in [0.2, 0.25) is 0 Å². The molecule has 0 bridgehead atoms. The fourth-order valence-corrected chi connectivity index (χ4v) is 8.90. The SMILES string of the molecule is CC1(C)/C(=N/O[C@H]2CCNC2)CC[C@@]2(C)C1CC[C@@H]1[C@H]2CC[C@]2(C)C(O)CC[C@@H]12. The second-order valence-electron chi connectivity index (χ2n) is 12.1. The summed E-state index contributed by atoms with van der Waals surface area (Å²) >= 11 is 0. The minimum atomic E-state index is -0.0669. The summed E-state index contributed by atoms with van der Waals surface area (Å²) in [5.41, 5.74) is 2.03. The summed E-state index contributed by atoms with van der Waals surface area (Å²) in [6, 6.07) is 0. The first-order valence-corrected chi connectivity index (χ1v) is 12.4. The lowest BCUT2D eigenvalue weighted by Gasteiger charge is -2.63. The van der Waals surface area contributed by atoms with Gasteiger partial charge < -0.3 is 15.3 Å². The minimum Gasteiger partial charge on any atom is -0.393 e. The van der Waals surface area contributed by atoms with Crippen LogP contribution >= 0.6 is 0 Å². The average molecular weight is 403 g/mol. The lowest BCUT2D eigenvalue weighted by atomic mass is 9.41. The molecular formula is C25H42N2O2. The van der Waals surface area contributed by atoms with E-state index >= 15 is 0 Å². The van der Waals surface area contributed by atoms with Gasteiger partial charge >= 0.3 is 0 Å². The number of hydrogen-bond donors (Lipinski definition) is 2. The van der Waals surface area contributed by atoms with Crippen molar-refractivity contribution in [1.29, 1.82) is 0 Å². The van der Waals surface area contributed by atoms with Gasteiger partial charge in [0.2, 0.25) is 0 Å². The number of aliphatic hydroxyl groups excluding tert-OH is 1. The predicted octanol–water partition coefficient (Wildman–Crippen LogP) is 4.76. The molecule has 2 unspecified atom stereocenters. The zero-order valence-electron chi connectivity index (χ0n) is 19.0. The molecule has 0 aromatic rings. The number of nitrogens with one attached hydrogen (secondary N) is 1. The molecule has 4 saturated carbocycles. The summed E-state index contributed by atoms with van der Waals surface area (Å²) in [5.74, 6) is 3.09. The Labute approximate surface area is 177 Å². The Bertz CT molecular complexity index is 670. The number of rotatable bonds is 2. The smallest absolute Gasteiger partial charge is 0.141 e. The molecule has 164 valence electrons. The zero-order valence-corrected chi connectivity index (χ0v) is 19.0. The van der Waals surface area contributed by atoms with Gasteiger partial charge in [0, 0.05) is 18.4 Å². The summed E-state index contributed by atoms with van der Waals surface area (Å²) in [6.45, 7) is 11.9. The molecule has 8 atom stereocenters. The van der Waals surface area contributed by atoms with Crippen molar-refractivity contribution < 1.29 is 9.94 Å². The number of fused-ring (bicyclic) bond motifs is 5. The third-order valence-corrected chi connectivity index (χ3v) is 10.7. The van der Waals surface area contributed by atoms with E-state index < -0.39 is 0 Å². The molecule has 5 aliphatic rings. The molecule has 0 radical (unpaired) electrons. The van der Waals surface area contributed by atoms with Crippen molar-refractivity contribution in [2.45, 2.75) is 97.7 Å². The molecule has 2 N–H and O–H groups in total. The van der Waals surface area contributed by atoms with Gasteiger partial charge in [0.15, 0.2) is 0 Å². The van der Waals surface area contributed by atoms with Crippen molar-refractivity contribution >= 4 is 5.71 Å². The highest BCUT2D eigenvalue weighted by atomic mass is 16.6. The number of aliphatic hydroxyl groups is 1. The topological polar surface area (TPSA) is 53.8 Å². The van der Waals surface area contributed by atoms with Crippen molar-refractivity contribution in [2.24, 2.45) is 45.1 Å². The Balaban J connectivity index is 1.38. The number of oxime groups is 1. The van der Waals surface area contributed by atoms with E-state index in [1.165, 1.54) is 44.2 Å². The standard InChI is InChI=1S/C25H42N2O2/c1-23(2)20-7-5-17-18-6-8-22(28)25(18,4)12-9-19(17)24(20,3)13-10-21(23)27-29-16-11-14-26-15-16/h16-20,22,26,28H,5-15H2,1-4H3/b27-21+/t16-,17-,18-,19+,20?,22?,24+,25-/m0/s1. The van der Waals surface area contributed by atoms with E-state index in [0.29, 0.717) is 11.3 Å². The van der Waals surface area contributed by atoms with Crippen LogP contribution < -0.4 is 5.32 Å². The maximum absolute atomic E-state index is 10.7. The van der Waals surface area contributed by atoms with Gasteiger partial charge in [-0.2, -0.15) is 0 Å². The molecule has 1 aliphatic heterocycles. The maximum atomic E-state index is 10.7. The average Bonchev–Trinajstić information content (AvgIpc) is 3.29. The van der Waals surface area contributed by atoms with Gasteiger partial charge in [-0.3, -0.25) is 0 Å². The predicted molar refractivity (Wildman–Crippen MR) is 117 cm³/mol. The van der Waals surface area contributed by atoms with Gasteiger partial charge in [-0.25, -0.2) is 0 Å². The van der Waals surface area contributed by atoms with E-state index in [1.807, 2.05) is 0 Å². The highest BCUT2D eigenvalue weighted by molar-refractivity contribution is 5.90. The van der Waals surface area contributed by atoms with Crippen LogP contribution in [-0.4, -0.2) is 36.1 Å². The molecule has 5 rings (SSSR count).